The molecule has 33 heavy (non-hydrogen) atoms. The van der Waals surface area contributed by atoms with E-state index in [9.17, 15) is 14.4 Å². The molecule has 3 aromatic rings. The van der Waals surface area contributed by atoms with Crippen molar-refractivity contribution in [2.75, 3.05) is 11.9 Å². The summed E-state index contributed by atoms with van der Waals surface area (Å²) < 4.78 is 16.5. The lowest BCUT2D eigenvalue weighted by Gasteiger charge is -2.08. The van der Waals surface area contributed by atoms with Gasteiger partial charge in [0.1, 0.15) is 23.1 Å². The Kier molecular flexibility index (Phi) is 7.78. The van der Waals surface area contributed by atoms with Crippen LogP contribution in [0.15, 0.2) is 34.7 Å². The van der Waals surface area contributed by atoms with Crippen LogP contribution in [0.4, 0.5) is 5.00 Å². The number of hydrogen-bond acceptors (Lipinski definition) is 7. The highest BCUT2D eigenvalue weighted by atomic mass is 35.5. The molecule has 3 rings (SSSR count). The van der Waals surface area contributed by atoms with E-state index in [0.29, 0.717) is 28.5 Å². The summed E-state index contributed by atoms with van der Waals surface area (Å²) in [7, 11) is 0. The summed E-state index contributed by atoms with van der Waals surface area (Å²) in [5.74, 6) is -0.841. The molecule has 0 bridgehead atoms. The van der Waals surface area contributed by atoms with Gasteiger partial charge in [-0.2, -0.15) is 0 Å². The maximum Gasteiger partial charge on any atom is 0.341 e. The fourth-order valence-electron chi connectivity index (χ4n) is 3.02. The van der Waals surface area contributed by atoms with Gasteiger partial charge in [-0.05, 0) is 61.7 Å². The van der Waals surface area contributed by atoms with Crippen LogP contribution in [-0.2, 0) is 11.3 Å². The molecular weight excluding hydrogens is 468 g/mol. The fourth-order valence-corrected chi connectivity index (χ4v) is 4.28. The second-order valence-corrected chi connectivity index (χ2v) is 8.64. The predicted molar refractivity (Wildman–Crippen MR) is 125 cm³/mol. The Morgan fingerprint density at radius 2 is 1.94 bits per heavy atom. The lowest BCUT2D eigenvalue weighted by Crippen LogP contribution is -2.15. The Morgan fingerprint density at radius 1 is 1.18 bits per heavy atom. The molecule has 0 atom stereocenters. The number of amides is 2. The maximum atomic E-state index is 12.8. The fraction of sp³-hybridized carbons (Fsp3) is 0.261. The van der Waals surface area contributed by atoms with Crippen LogP contribution in [0.2, 0.25) is 5.02 Å². The van der Waals surface area contributed by atoms with E-state index in [-0.39, 0.29) is 34.4 Å². The van der Waals surface area contributed by atoms with Crippen LogP contribution in [0.1, 0.15) is 60.8 Å². The first kappa shape index (κ1) is 24.3. The van der Waals surface area contributed by atoms with Crippen molar-refractivity contribution in [3.8, 4) is 5.75 Å². The standard InChI is InChI=1S/C23H23ClN2O6S/c1-4-9-30-23(29)18-13(3)19(20(25)27)33-22(18)26-21(28)17-8-6-15(32-17)11-31-16-7-5-14(24)10-12(16)2/h5-8,10H,4,9,11H2,1-3H3,(H2,25,27)(H,26,28). The summed E-state index contributed by atoms with van der Waals surface area (Å²) >= 11 is 6.86. The first-order valence-corrected chi connectivity index (χ1v) is 11.3. The van der Waals surface area contributed by atoms with Crippen LogP contribution in [0, 0.1) is 13.8 Å². The Labute approximate surface area is 199 Å². The molecule has 8 nitrogen and oxygen atoms in total. The van der Waals surface area contributed by atoms with Gasteiger partial charge in [0, 0.05) is 5.02 Å². The number of aryl methyl sites for hydroxylation is 1. The van der Waals surface area contributed by atoms with Gasteiger partial charge >= 0.3 is 5.97 Å². The quantitative estimate of drug-likeness (QED) is 0.402. The van der Waals surface area contributed by atoms with Crippen molar-refractivity contribution >= 4 is 45.7 Å². The molecule has 0 aliphatic heterocycles. The highest BCUT2D eigenvalue weighted by molar-refractivity contribution is 7.18. The topological polar surface area (TPSA) is 121 Å². The molecule has 3 N–H and O–H groups in total. The Balaban J connectivity index is 1.75. The Bertz CT molecular complexity index is 1200. The molecule has 0 saturated heterocycles. The van der Waals surface area contributed by atoms with Gasteiger partial charge in [0.2, 0.25) is 0 Å². The molecule has 2 amide bonds. The molecule has 0 unspecified atom stereocenters. The normalized spacial score (nSPS) is 10.7. The number of nitrogens with two attached hydrogens (primary N) is 1. The smallest absolute Gasteiger partial charge is 0.341 e. The van der Waals surface area contributed by atoms with Gasteiger partial charge in [-0.3, -0.25) is 9.59 Å². The third-order valence-corrected chi connectivity index (χ3v) is 6.09. The molecule has 2 aromatic heterocycles. The second-order valence-electron chi connectivity index (χ2n) is 7.18. The second kappa shape index (κ2) is 10.5. The van der Waals surface area contributed by atoms with E-state index in [4.69, 9.17) is 31.2 Å². The number of benzene rings is 1. The van der Waals surface area contributed by atoms with Crippen molar-refractivity contribution in [2.45, 2.75) is 33.8 Å². The molecule has 2 heterocycles. The molecular formula is C23H23ClN2O6S. The van der Waals surface area contributed by atoms with Gasteiger partial charge in [-0.15, -0.1) is 11.3 Å². The third-order valence-electron chi connectivity index (χ3n) is 4.63. The molecule has 1 aromatic carbocycles. The van der Waals surface area contributed by atoms with E-state index < -0.39 is 17.8 Å². The Morgan fingerprint density at radius 3 is 2.61 bits per heavy atom. The molecule has 0 spiro atoms. The zero-order valence-electron chi connectivity index (χ0n) is 18.3. The number of thiophene rings is 1. The number of anilines is 1. The van der Waals surface area contributed by atoms with Crippen molar-refractivity contribution < 1.29 is 28.3 Å². The van der Waals surface area contributed by atoms with Crippen LogP contribution >= 0.6 is 22.9 Å². The minimum atomic E-state index is -0.697. The lowest BCUT2D eigenvalue weighted by molar-refractivity contribution is 0.0506. The van der Waals surface area contributed by atoms with E-state index in [1.54, 1.807) is 31.2 Å². The lowest BCUT2D eigenvalue weighted by atomic mass is 10.1. The molecule has 0 fully saturated rings. The zero-order chi connectivity index (χ0) is 24.1. The number of rotatable bonds is 9. The van der Waals surface area contributed by atoms with Crippen molar-refractivity contribution in [3.63, 3.8) is 0 Å². The maximum absolute atomic E-state index is 12.8. The van der Waals surface area contributed by atoms with Crippen molar-refractivity contribution in [1.29, 1.82) is 0 Å². The first-order chi connectivity index (χ1) is 15.7. The summed E-state index contributed by atoms with van der Waals surface area (Å²) in [6.45, 7) is 5.62. The summed E-state index contributed by atoms with van der Waals surface area (Å²) in [6, 6.07) is 8.36. The van der Waals surface area contributed by atoms with Gasteiger partial charge < -0.3 is 24.9 Å². The summed E-state index contributed by atoms with van der Waals surface area (Å²) in [6.07, 6.45) is 0.631. The monoisotopic (exact) mass is 490 g/mol. The predicted octanol–water partition coefficient (Wildman–Crippen LogP) is 5.11. The number of carbonyl (C=O) groups excluding carboxylic acids is 3. The van der Waals surface area contributed by atoms with E-state index in [2.05, 4.69) is 5.32 Å². The number of halogens is 1. The van der Waals surface area contributed by atoms with Gasteiger partial charge in [0.15, 0.2) is 5.76 Å². The molecule has 0 saturated carbocycles. The minimum absolute atomic E-state index is 0.0148. The average molecular weight is 491 g/mol. The van der Waals surface area contributed by atoms with E-state index in [1.807, 2.05) is 13.8 Å². The van der Waals surface area contributed by atoms with Crippen LogP contribution in [0.25, 0.3) is 0 Å². The molecule has 0 aliphatic rings. The van der Waals surface area contributed by atoms with Gasteiger partial charge in [0.05, 0.1) is 17.0 Å². The summed E-state index contributed by atoms with van der Waals surface area (Å²) in [5.41, 5.74) is 6.74. The highest BCUT2D eigenvalue weighted by Crippen LogP contribution is 2.34. The number of esters is 1. The van der Waals surface area contributed by atoms with Crippen molar-refractivity contribution in [1.82, 2.24) is 0 Å². The number of nitrogens with one attached hydrogen (secondary N) is 1. The van der Waals surface area contributed by atoms with Crippen molar-refractivity contribution in [2.24, 2.45) is 5.73 Å². The molecule has 10 heteroatoms. The number of carbonyl (C=O) groups is 3. The van der Waals surface area contributed by atoms with E-state index in [1.165, 1.54) is 6.07 Å². The van der Waals surface area contributed by atoms with Crippen LogP contribution in [-0.4, -0.2) is 24.4 Å². The van der Waals surface area contributed by atoms with Crippen molar-refractivity contribution in [3.05, 3.63) is 68.4 Å². The van der Waals surface area contributed by atoms with Crippen LogP contribution in [0.5, 0.6) is 5.75 Å². The number of furan rings is 1. The van der Waals surface area contributed by atoms with Gasteiger partial charge in [-0.1, -0.05) is 18.5 Å². The SMILES string of the molecule is CCCOC(=O)c1c(NC(=O)c2ccc(COc3ccc(Cl)cc3C)o2)sc(C(N)=O)c1C. The number of hydrogen-bond donors (Lipinski definition) is 2. The average Bonchev–Trinajstić information content (AvgIpc) is 3.36. The number of primary amides is 1. The largest absolute Gasteiger partial charge is 0.485 e. The minimum Gasteiger partial charge on any atom is -0.485 e. The van der Waals surface area contributed by atoms with E-state index in [0.717, 1.165) is 16.9 Å². The van der Waals surface area contributed by atoms with Crippen LogP contribution in [0.3, 0.4) is 0 Å². The van der Waals surface area contributed by atoms with Gasteiger partial charge in [0.25, 0.3) is 11.8 Å². The zero-order valence-corrected chi connectivity index (χ0v) is 19.9. The van der Waals surface area contributed by atoms with E-state index >= 15 is 0 Å². The Hall–Kier alpha value is -3.30. The third kappa shape index (κ3) is 5.74. The molecule has 0 aliphatic carbocycles. The molecule has 0 radical (unpaired) electrons. The highest BCUT2D eigenvalue weighted by Gasteiger charge is 2.26. The first-order valence-electron chi connectivity index (χ1n) is 10.1. The summed E-state index contributed by atoms with van der Waals surface area (Å²) in [4.78, 5) is 37.2. The number of ether oxygens (including phenoxy) is 2. The molecule has 174 valence electrons. The van der Waals surface area contributed by atoms with Gasteiger partial charge in [-0.25, -0.2) is 4.79 Å². The van der Waals surface area contributed by atoms with Crippen LogP contribution < -0.4 is 15.8 Å². The summed E-state index contributed by atoms with van der Waals surface area (Å²) in [5, 5.41) is 3.40.